The van der Waals surface area contributed by atoms with Crippen LogP contribution in [0, 0.1) is 5.82 Å². The van der Waals surface area contributed by atoms with Gasteiger partial charge in [-0.2, -0.15) is 8.78 Å². The summed E-state index contributed by atoms with van der Waals surface area (Å²) in [6, 6.07) is 10.7. The third-order valence-corrected chi connectivity index (χ3v) is 7.37. The number of sulfone groups is 1. The molecule has 186 valence electrons. The Bertz CT molecular complexity index is 1300. The zero-order chi connectivity index (χ0) is 25.2. The maximum absolute atomic E-state index is 15.0. The van der Waals surface area contributed by atoms with Gasteiger partial charge in [-0.3, -0.25) is 4.90 Å². The Balaban J connectivity index is 1.61. The number of amides is 2. The SMILES string of the molecule is CCc1ccc(N(Cc2ccc(-c3nnc(C(F)F)o3)cc2F)C(=O)N2CCS(=O)(=O)CC2)cc1. The van der Waals surface area contributed by atoms with Crippen LogP contribution < -0.4 is 4.90 Å². The summed E-state index contributed by atoms with van der Waals surface area (Å²) >= 11 is 0. The Kier molecular flexibility index (Phi) is 7.10. The van der Waals surface area contributed by atoms with Crippen molar-refractivity contribution < 1.29 is 30.8 Å². The molecule has 35 heavy (non-hydrogen) atoms. The third kappa shape index (κ3) is 5.64. The molecule has 2 heterocycles. The van der Waals surface area contributed by atoms with E-state index in [0.717, 1.165) is 18.1 Å². The molecule has 2 amide bonds. The van der Waals surface area contributed by atoms with Crippen LogP contribution in [0.3, 0.4) is 0 Å². The summed E-state index contributed by atoms with van der Waals surface area (Å²) in [6.45, 7) is 1.97. The number of alkyl halides is 2. The van der Waals surface area contributed by atoms with E-state index < -0.39 is 34.0 Å². The molecule has 12 heteroatoms. The van der Waals surface area contributed by atoms with Gasteiger partial charge in [0.15, 0.2) is 9.84 Å². The Morgan fingerprint density at radius 3 is 2.37 bits per heavy atom. The number of benzene rings is 2. The van der Waals surface area contributed by atoms with Crippen LogP contribution in [0.25, 0.3) is 11.5 Å². The van der Waals surface area contributed by atoms with E-state index in [-0.39, 0.29) is 48.2 Å². The molecule has 2 aromatic carbocycles. The fraction of sp³-hybridized carbons (Fsp3) is 0.348. The van der Waals surface area contributed by atoms with Gasteiger partial charge in [-0.15, -0.1) is 10.2 Å². The highest BCUT2D eigenvalue weighted by Crippen LogP contribution is 2.27. The topological polar surface area (TPSA) is 96.6 Å². The Hall–Kier alpha value is -3.41. The lowest BCUT2D eigenvalue weighted by Crippen LogP contribution is -2.49. The first-order chi connectivity index (χ1) is 16.7. The van der Waals surface area contributed by atoms with E-state index in [1.165, 1.54) is 21.9 Å². The fourth-order valence-electron chi connectivity index (χ4n) is 3.67. The number of rotatable bonds is 6. The normalized spacial score (nSPS) is 15.4. The lowest BCUT2D eigenvalue weighted by molar-refractivity contribution is 0.116. The summed E-state index contributed by atoms with van der Waals surface area (Å²) in [5.74, 6) is -2.06. The van der Waals surface area contributed by atoms with E-state index in [1.54, 1.807) is 12.1 Å². The molecule has 1 saturated heterocycles. The van der Waals surface area contributed by atoms with Gasteiger partial charge in [0, 0.05) is 29.9 Å². The van der Waals surface area contributed by atoms with Crippen LogP contribution in [0.1, 0.15) is 30.4 Å². The van der Waals surface area contributed by atoms with Gasteiger partial charge in [0.2, 0.25) is 5.89 Å². The first kappa shape index (κ1) is 24.7. The predicted molar refractivity (Wildman–Crippen MR) is 122 cm³/mol. The Morgan fingerprint density at radius 1 is 1.11 bits per heavy atom. The summed E-state index contributed by atoms with van der Waals surface area (Å²) in [5.41, 5.74) is 1.88. The number of halogens is 3. The molecule has 0 atom stereocenters. The van der Waals surface area contributed by atoms with E-state index in [1.807, 2.05) is 19.1 Å². The van der Waals surface area contributed by atoms with Gasteiger partial charge in [-0.1, -0.05) is 25.1 Å². The molecule has 4 rings (SSSR count). The van der Waals surface area contributed by atoms with Gasteiger partial charge >= 0.3 is 12.5 Å². The van der Waals surface area contributed by atoms with Crippen molar-refractivity contribution in [3.63, 3.8) is 0 Å². The van der Waals surface area contributed by atoms with Crippen molar-refractivity contribution in [2.24, 2.45) is 0 Å². The second-order valence-corrected chi connectivity index (χ2v) is 10.4. The molecule has 0 unspecified atom stereocenters. The minimum Gasteiger partial charge on any atom is -0.415 e. The number of hydrogen-bond acceptors (Lipinski definition) is 6. The van der Waals surface area contributed by atoms with Gasteiger partial charge in [0.1, 0.15) is 5.82 Å². The number of anilines is 1. The third-order valence-electron chi connectivity index (χ3n) is 5.76. The maximum atomic E-state index is 15.0. The van der Waals surface area contributed by atoms with E-state index >= 15 is 4.39 Å². The summed E-state index contributed by atoms with van der Waals surface area (Å²) in [7, 11) is -3.19. The van der Waals surface area contributed by atoms with Crippen molar-refractivity contribution in [1.82, 2.24) is 15.1 Å². The number of hydrogen-bond donors (Lipinski definition) is 0. The molecule has 0 radical (unpaired) electrons. The molecule has 0 bridgehead atoms. The average Bonchev–Trinajstić information content (AvgIpc) is 3.34. The average molecular weight is 509 g/mol. The van der Waals surface area contributed by atoms with Crippen LogP contribution in [0.15, 0.2) is 46.9 Å². The van der Waals surface area contributed by atoms with Crippen LogP contribution in [-0.2, 0) is 22.8 Å². The number of carbonyl (C=O) groups is 1. The van der Waals surface area contributed by atoms with Gasteiger partial charge in [-0.25, -0.2) is 17.6 Å². The van der Waals surface area contributed by atoms with Crippen molar-refractivity contribution in [3.05, 3.63) is 65.3 Å². The Morgan fingerprint density at radius 2 is 1.80 bits per heavy atom. The molecular formula is C23H23F3N4O4S. The quantitative estimate of drug-likeness (QED) is 0.494. The first-order valence-electron chi connectivity index (χ1n) is 10.9. The summed E-state index contributed by atoms with van der Waals surface area (Å²) in [6.07, 6.45) is -2.14. The number of nitrogens with zero attached hydrogens (tertiary/aromatic N) is 4. The standard InChI is InChI=1S/C23H23F3N4O4S/c1-2-15-3-7-18(8-4-15)30(23(31)29-9-11-35(32,33)12-10-29)14-17-6-5-16(13-19(17)24)21-27-28-22(34-21)20(25)26/h3-8,13,20H,2,9-12,14H2,1H3. The smallest absolute Gasteiger partial charge is 0.324 e. The maximum Gasteiger partial charge on any atom is 0.324 e. The van der Waals surface area contributed by atoms with Crippen LogP contribution >= 0.6 is 0 Å². The molecule has 1 aliphatic rings. The second-order valence-electron chi connectivity index (χ2n) is 8.08. The second kappa shape index (κ2) is 10.1. The highest BCUT2D eigenvalue weighted by molar-refractivity contribution is 7.91. The van der Waals surface area contributed by atoms with E-state index in [9.17, 15) is 22.0 Å². The van der Waals surface area contributed by atoms with Crippen LogP contribution in [-0.4, -0.2) is 54.1 Å². The van der Waals surface area contributed by atoms with Gasteiger partial charge < -0.3 is 9.32 Å². The van der Waals surface area contributed by atoms with Crippen LogP contribution in [0.4, 0.5) is 23.7 Å². The molecule has 0 saturated carbocycles. The highest BCUT2D eigenvalue weighted by atomic mass is 32.2. The van der Waals surface area contributed by atoms with E-state index in [0.29, 0.717) is 5.69 Å². The van der Waals surface area contributed by atoms with E-state index in [2.05, 4.69) is 10.2 Å². The molecule has 1 aromatic heterocycles. The zero-order valence-corrected chi connectivity index (χ0v) is 19.6. The number of aryl methyl sites for hydroxylation is 1. The summed E-state index contributed by atoms with van der Waals surface area (Å²) in [4.78, 5) is 16.2. The number of carbonyl (C=O) groups excluding carboxylic acids is 1. The Labute approximate surface area is 200 Å². The van der Waals surface area contributed by atoms with Crippen molar-refractivity contribution >= 4 is 21.6 Å². The van der Waals surface area contributed by atoms with Crippen molar-refractivity contribution in [2.45, 2.75) is 26.3 Å². The lowest BCUT2D eigenvalue weighted by atomic mass is 10.1. The predicted octanol–water partition coefficient (Wildman–Crippen LogP) is 4.23. The largest absolute Gasteiger partial charge is 0.415 e. The molecular weight excluding hydrogens is 485 g/mol. The number of aromatic nitrogens is 2. The first-order valence-corrected chi connectivity index (χ1v) is 12.7. The minimum absolute atomic E-state index is 0.0514. The molecule has 0 spiro atoms. The molecule has 0 N–H and O–H groups in total. The summed E-state index contributed by atoms with van der Waals surface area (Å²) in [5, 5.41) is 6.76. The minimum atomic E-state index is -3.19. The van der Waals surface area contributed by atoms with Crippen molar-refractivity contribution in [1.29, 1.82) is 0 Å². The molecule has 1 aliphatic heterocycles. The highest BCUT2D eigenvalue weighted by Gasteiger charge is 2.29. The molecule has 3 aromatic rings. The number of urea groups is 1. The van der Waals surface area contributed by atoms with Crippen molar-refractivity contribution in [3.8, 4) is 11.5 Å². The molecule has 8 nitrogen and oxygen atoms in total. The molecule has 1 fully saturated rings. The zero-order valence-electron chi connectivity index (χ0n) is 18.8. The fourth-order valence-corrected chi connectivity index (χ4v) is 4.87. The van der Waals surface area contributed by atoms with Crippen LogP contribution in [0.2, 0.25) is 0 Å². The molecule has 0 aliphatic carbocycles. The lowest BCUT2D eigenvalue weighted by Gasteiger charge is -2.33. The van der Waals surface area contributed by atoms with Gasteiger partial charge in [0.05, 0.1) is 18.1 Å². The van der Waals surface area contributed by atoms with Gasteiger partial charge in [-0.05, 0) is 36.2 Å². The van der Waals surface area contributed by atoms with Crippen molar-refractivity contribution in [2.75, 3.05) is 29.5 Å². The monoisotopic (exact) mass is 508 g/mol. The van der Waals surface area contributed by atoms with E-state index in [4.69, 9.17) is 4.42 Å². The van der Waals surface area contributed by atoms with Crippen LogP contribution in [0.5, 0.6) is 0 Å². The summed E-state index contributed by atoms with van der Waals surface area (Å²) < 4.78 is 68.9. The van der Waals surface area contributed by atoms with Gasteiger partial charge in [0.25, 0.3) is 5.89 Å².